The minimum atomic E-state index is 0.0779. The molecule has 6 nitrogen and oxygen atoms in total. The number of fused-ring (bicyclic) bond motifs is 1. The molecule has 0 bridgehead atoms. The number of halogens is 1. The maximum absolute atomic E-state index is 13.1. The molecule has 0 saturated carbocycles. The van der Waals surface area contributed by atoms with Crippen LogP contribution in [-0.2, 0) is 18.4 Å². The van der Waals surface area contributed by atoms with E-state index in [0.717, 1.165) is 23.5 Å². The second-order valence-corrected chi connectivity index (χ2v) is 10.1. The molecule has 1 aliphatic rings. The summed E-state index contributed by atoms with van der Waals surface area (Å²) in [5.41, 5.74) is 0.998. The zero-order chi connectivity index (χ0) is 21.8. The van der Waals surface area contributed by atoms with Crippen molar-refractivity contribution in [2.24, 2.45) is 7.05 Å². The number of anilines is 1. The van der Waals surface area contributed by atoms with Gasteiger partial charge >= 0.3 is 0 Å². The molecule has 4 rings (SSSR count). The Balaban J connectivity index is 1.38. The Hall–Kier alpha value is -2.16. The van der Waals surface area contributed by atoms with Gasteiger partial charge in [-0.05, 0) is 42.8 Å². The van der Waals surface area contributed by atoms with Crippen molar-refractivity contribution in [3.05, 3.63) is 59.4 Å². The van der Waals surface area contributed by atoms with Crippen LogP contribution in [0.1, 0.15) is 19.2 Å². The highest BCUT2D eigenvalue weighted by Crippen LogP contribution is 2.37. The predicted octanol–water partition coefficient (Wildman–Crippen LogP) is 5.06. The van der Waals surface area contributed by atoms with Gasteiger partial charge in [-0.15, -0.1) is 22.0 Å². The fourth-order valence-electron chi connectivity index (χ4n) is 3.23. The highest BCUT2D eigenvalue weighted by molar-refractivity contribution is 8.00. The number of carbonyl (C=O) groups excluding carboxylic acids is 1. The van der Waals surface area contributed by atoms with Crippen molar-refractivity contribution in [1.29, 1.82) is 0 Å². The average Bonchev–Trinajstić information content (AvgIpc) is 3.02. The first-order valence-electron chi connectivity index (χ1n) is 9.97. The molecule has 0 aliphatic carbocycles. The Kier molecular flexibility index (Phi) is 7.09. The van der Waals surface area contributed by atoms with Gasteiger partial charge < -0.3 is 14.2 Å². The summed E-state index contributed by atoms with van der Waals surface area (Å²) < 4.78 is 7.62. The molecule has 2 heterocycles. The summed E-state index contributed by atoms with van der Waals surface area (Å²) in [5, 5.41) is 10.3. The summed E-state index contributed by atoms with van der Waals surface area (Å²) in [6.45, 7) is 3.22. The van der Waals surface area contributed by atoms with Gasteiger partial charge in [0.2, 0.25) is 5.91 Å². The van der Waals surface area contributed by atoms with Crippen LogP contribution in [0, 0.1) is 0 Å². The molecule has 0 spiro atoms. The third-order valence-corrected chi connectivity index (χ3v) is 7.47. The minimum absolute atomic E-state index is 0.0779. The molecule has 1 amide bonds. The number of carbonyl (C=O) groups is 1. The first-order valence-corrected chi connectivity index (χ1v) is 12.2. The van der Waals surface area contributed by atoms with Crippen LogP contribution in [0.5, 0.6) is 5.75 Å². The Labute approximate surface area is 195 Å². The lowest BCUT2D eigenvalue weighted by atomic mass is 10.2. The van der Waals surface area contributed by atoms with Gasteiger partial charge in [-0.1, -0.05) is 42.4 Å². The summed E-state index contributed by atoms with van der Waals surface area (Å²) >= 11 is 9.12. The van der Waals surface area contributed by atoms with Crippen LogP contribution in [0.3, 0.4) is 0 Å². The van der Waals surface area contributed by atoms with Crippen molar-refractivity contribution in [3.8, 4) is 5.75 Å². The Morgan fingerprint density at radius 1 is 1.23 bits per heavy atom. The van der Waals surface area contributed by atoms with Gasteiger partial charge in [-0.3, -0.25) is 4.79 Å². The van der Waals surface area contributed by atoms with Crippen LogP contribution in [0.15, 0.2) is 58.6 Å². The Morgan fingerprint density at radius 3 is 2.81 bits per heavy atom. The molecular formula is C22H23ClN4O2S2. The second kappa shape index (κ2) is 9.97. The van der Waals surface area contributed by atoms with Crippen molar-refractivity contribution in [1.82, 2.24) is 14.8 Å². The van der Waals surface area contributed by atoms with Crippen LogP contribution in [0.4, 0.5) is 5.69 Å². The van der Waals surface area contributed by atoms with Crippen molar-refractivity contribution >= 4 is 46.7 Å². The first kappa shape index (κ1) is 22.0. The molecule has 1 atom stereocenters. The quantitative estimate of drug-likeness (QED) is 0.465. The molecular weight excluding hydrogens is 452 g/mol. The molecule has 1 aliphatic heterocycles. The number of nitrogens with zero attached hydrogens (tertiary/aromatic N) is 4. The molecule has 31 heavy (non-hydrogen) atoms. The molecule has 0 unspecified atom stereocenters. The Morgan fingerprint density at radius 2 is 2.00 bits per heavy atom. The molecule has 0 saturated heterocycles. The summed E-state index contributed by atoms with van der Waals surface area (Å²) in [5.74, 6) is 1.78. The fourth-order valence-corrected chi connectivity index (χ4v) is 5.27. The number of rotatable bonds is 6. The van der Waals surface area contributed by atoms with E-state index in [1.807, 2.05) is 58.6 Å². The highest BCUT2D eigenvalue weighted by atomic mass is 35.5. The van der Waals surface area contributed by atoms with Crippen LogP contribution < -0.4 is 9.64 Å². The zero-order valence-corrected chi connectivity index (χ0v) is 19.7. The molecule has 3 aromatic rings. The summed E-state index contributed by atoms with van der Waals surface area (Å²) in [6.07, 6.45) is 0.964. The number of ether oxygens (including phenoxy) is 1. The molecule has 9 heteroatoms. The lowest BCUT2D eigenvalue weighted by Crippen LogP contribution is -2.33. The third kappa shape index (κ3) is 5.37. The monoisotopic (exact) mass is 474 g/mol. The minimum Gasteiger partial charge on any atom is -0.486 e. The van der Waals surface area contributed by atoms with Gasteiger partial charge in [0.15, 0.2) is 11.0 Å². The average molecular weight is 475 g/mol. The standard InChI is InChI=1S/C22H23ClN4O2S2/c1-15-11-12-27(18-5-3-4-6-19(18)31-15)21(28)14-30-22-25-24-20(26(22)2)13-29-17-9-7-16(23)8-10-17/h3-10,15H,11-14H2,1-2H3/t15-/m0/s1. The van der Waals surface area contributed by atoms with E-state index in [1.165, 1.54) is 11.8 Å². The fraction of sp³-hybridized carbons (Fsp3) is 0.318. The molecule has 2 aromatic carbocycles. The SMILES string of the molecule is C[C@H]1CCN(C(=O)CSc2nnc(COc3ccc(Cl)cc3)n2C)c2ccccc2S1. The van der Waals surface area contributed by atoms with Crippen molar-refractivity contribution < 1.29 is 9.53 Å². The topological polar surface area (TPSA) is 60.3 Å². The number of benzene rings is 2. The van der Waals surface area contributed by atoms with Gasteiger partial charge in [0.05, 0.1) is 11.4 Å². The molecule has 1 aromatic heterocycles. The van der Waals surface area contributed by atoms with E-state index in [4.69, 9.17) is 16.3 Å². The number of para-hydroxylation sites is 1. The van der Waals surface area contributed by atoms with Crippen molar-refractivity contribution in [2.75, 3.05) is 17.2 Å². The van der Waals surface area contributed by atoms with Gasteiger partial charge in [-0.25, -0.2) is 0 Å². The third-order valence-electron chi connectivity index (χ3n) is 4.98. The van der Waals surface area contributed by atoms with Gasteiger partial charge in [-0.2, -0.15) is 0 Å². The van der Waals surface area contributed by atoms with E-state index in [1.54, 1.807) is 12.1 Å². The number of aromatic nitrogens is 3. The largest absolute Gasteiger partial charge is 0.486 e. The molecule has 162 valence electrons. The van der Waals surface area contributed by atoms with E-state index in [0.29, 0.717) is 32.8 Å². The zero-order valence-electron chi connectivity index (χ0n) is 17.3. The van der Waals surface area contributed by atoms with E-state index in [9.17, 15) is 4.79 Å². The van der Waals surface area contributed by atoms with E-state index in [-0.39, 0.29) is 12.5 Å². The highest BCUT2D eigenvalue weighted by Gasteiger charge is 2.24. The van der Waals surface area contributed by atoms with Gasteiger partial charge in [0.1, 0.15) is 12.4 Å². The van der Waals surface area contributed by atoms with Crippen LogP contribution in [0.2, 0.25) is 5.02 Å². The predicted molar refractivity (Wildman–Crippen MR) is 126 cm³/mol. The number of hydrogen-bond acceptors (Lipinski definition) is 6. The summed E-state index contributed by atoms with van der Waals surface area (Å²) in [7, 11) is 1.88. The molecule has 0 fully saturated rings. The first-order chi connectivity index (χ1) is 15.0. The number of hydrogen-bond donors (Lipinski definition) is 0. The lowest BCUT2D eigenvalue weighted by Gasteiger charge is -2.22. The number of amides is 1. The van der Waals surface area contributed by atoms with E-state index in [2.05, 4.69) is 23.2 Å². The van der Waals surface area contributed by atoms with Crippen molar-refractivity contribution in [2.45, 2.75) is 35.3 Å². The van der Waals surface area contributed by atoms with Gasteiger partial charge in [0, 0.05) is 28.8 Å². The smallest absolute Gasteiger partial charge is 0.237 e. The summed E-state index contributed by atoms with van der Waals surface area (Å²) in [4.78, 5) is 16.1. The van der Waals surface area contributed by atoms with Crippen LogP contribution >= 0.6 is 35.1 Å². The molecule has 0 N–H and O–H groups in total. The van der Waals surface area contributed by atoms with Crippen LogP contribution in [-0.4, -0.2) is 38.2 Å². The summed E-state index contributed by atoms with van der Waals surface area (Å²) in [6, 6.07) is 15.3. The Bertz CT molecular complexity index is 1060. The lowest BCUT2D eigenvalue weighted by molar-refractivity contribution is -0.116. The normalized spacial score (nSPS) is 16.0. The van der Waals surface area contributed by atoms with E-state index < -0.39 is 0 Å². The molecule has 0 radical (unpaired) electrons. The van der Waals surface area contributed by atoms with Crippen molar-refractivity contribution in [3.63, 3.8) is 0 Å². The number of thioether (sulfide) groups is 2. The second-order valence-electron chi connectivity index (χ2n) is 7.22. The van der Waals surface area contributed by atoms with Crippen LogP contribution in [0.25, 0.3) is 0 Å². The maximum atomic E-state index is 13.1. The van der Waals surface area contributed by atoms with Gasteiger partial charge in [0.25, 0.3) is 0 Å². The maximum Gasteiger partial charge on any atom is 0.237 e. The van der Waals surface area contributed by atoms with E-state index >= 15 is 0 Å².